The summed E-state index contributed by atoms with van der Waals surface area (Å²) in [6.45, 7) is 1.55. The van der Waals surface area contributed by atoms with E-state index >= 15 is 0 Å². The van der Waals surface area contributed by atoms with Crippen LogP contribution in [-0.4, -0.2) is 56.0 Å². The number of ether oxygens (including phenoxy) is 1. The van der Waals surface area contributed by atoms with Gasteiger partial charge in [-0.15, -0.1) is 0 Å². The van der Waals surface area contributed by atoms with Gasteiger partial charge in [0.1, 0.15) is 5.82 Å². The Kier molecular flexibility index (Phi) is 7.09. The molecule has 1 aromatic heterocycles. The van der Waals surface area contributed by atoms with Gasteiger partial charge in [-0.25, -0.2) is 17.8 Å². The fourth-order valence-electron chi connectivity index (χ4n) is 4.58. The Labute approximate surface area is 212 Å². The van der Waals surface area contributed by atoms with Crippen molar-refractivity contribution < 1.29 is 22.3 Å². The van der Waals surface area contributed by atoms with Crippen LogP contribution in [0.25, 0.3) is 10.2 Å². The molecule has 0 aliphatic carbocycles. The summed E-state index contributed by atoms with van der Waals surface area (Å²) in [6.07, 6.45) is 2.55. The molecule has 2 saturated heterocycles. The van der Waals surface area contributed by atoms with Gasteiger partial charge in [0.15, 0.2) is 5.13 Å². The summed E-state index contributed by atoms with van der Waals surface area (Å²) >= 11 is 7.17. The van der Waals surface area contributed by atoms with Crippen molar-refractivity contribution in [2.24, 2.45) is 5.92 Å². The van der Waals surface area contributed by atoms with Crippen molar-refractivity contribution in [2.75, 3.05) is 31.1 Å². The van der Waals surface area contributed by atoms with Gasteiger partial charge in [-0.05, 0) is 68.1 Å². The highest BCUT2D eigenvalue weighted by molar-refractivity contribution is 7.89. The summed E-state index contributed by atoms with van der Waals surface area (Å²) in [5, 5.41) is 0.986. The number of rotatable bonds is 6. The Morgan fingerprint density at radius 3 is 2.60 bits per heavy atom. The molecular weight excluding hydrogens is 513 g/mol. The third-order valence-electron chi connectivity index (χ3n) is 6.50. The van der Waals surface area contributed by atoms with Crippen molar-refractivity contribution in [3.63, 3.8) is 0 Å². The van der Waals surface area contributed by atoms with Crippen LogP contribution >= 0.6 is 22.9 Å². The number of amides is 1. The van der Waals surface area contributed by atoms with E-state index in [0.717, 1.165) is 12.8 Å². The number of hydrogen-bond donors (Lipinski definition) is 0. The highest BCUT2D eigenvalue weighted by atomic mass is 35.5. The number of carbonyl (C=O) groups excluding carboxylic acids is 1. The van der Waals surface area contributed by atoms with Gasteiger partial charge >= 0.3 is 0 Å². The highest BCUT2D eigenvalue weighted by Gasteiger charge is 2.36. The predicted molar refractivity (Wildman–Crippen MR) is 134 cm³/mol. The number of nitrogens with zero attached hydrogens (tertiary/aromatic N) is 3. The smallest absolute Gasteiger partial charge is 0.243 e. The lowest BCUT2D eigenvalue weighted by Crippen LogP contribution is -2.46. The summed E-state index contributed by atoms with van der Waals surface area (Å²) in [5.41, 5.74) is 0.639. The zero-order valence-corrected chi connectivity index (χ0v) is 21.3. The number of thiazole rings is 1. The first kappa shape index (κ1) is 24.6. The molecular formula is C24H25ClFN3O4S2. The number of benzene rings is 2. The second kappa shape index (κ2) is 10.1. The number of piperidine rings is 1. The van der Waals surface area contributed by atoms with Gasteiger partial charge < -0.3 is 4.74 Å². The molecule has 2 aliphatic heterocycles. The van der Waals surface area contributed by atoms with Crippen LogP contribution in [0.2, 0.25) is 5.02 Å². The van der Waals surface area contributed by atoms with E-state index in [0.29, 0.717) is 46.4 Å². The topological polar surface area (TPSA) is 79.8 Å². The van der Waals surface area contributed by atoms with E-state index in [9.17, 15) is 17.6 Å². The minimum atomic E-state index is -3.66. The Hall–Kier alpha value is -2.11. The van der Waals surface area contributed by atoms with Crippen molar-refractivity contribution >= 4 is 54.2 Å². The van der Waals surface area contributed by atoms with Crippen molar-refractivity contribution in [1.82, 2.24) is 9.29 Å². The maximum absolute atomic E-state index is 13.7. The third kappa shape index (κ3) is 5.22. The zero-order valence-electron chi connectivity index (χ0n) is 18.9. The highest BCUT2D eigenvalue weighted by Crippen LogP contribution is 2.33. The van der Waals surface area contributed by atoms with E-state index in [4.69, 9.17) is 16.3 Å². The van der Waals surface area contributed by atoms with Crippen molar-refractivity contribution in [1.29, 1.82) is 0 Å². The van der Waals surface area contributed by atoms with Gasteiger partial charge in [0.25, 0.3) is 0 Å². The first-order valence-corrected chi connectivity index (χ1v) is 14.2. The number of hydrogen-bond acceptors (Lipinski definition) is 6. The maximum Gasteiger partial charge on any atom is 0.243 e. The molecule has 186 valence electrons. The number of sulfonamides is 1. The van der Waals surface area contributed by atoms with Crippen LogP contribution < -0.4 is 4.90 Å². The van der Waals surface area contributed by atoms with E-state index in [-0.39, 0.29) is 41.7 Å². The lowest BCUT2D eigenvalue weighted by Gasteiger charge is -2.33. The Bertz CT molecular complexity index is 1320. The molecule has 0 radical (unpaired) electrons. The molecule has 1 atom stereocenters. The Morgan fingerprint density at radius 1 is 1.17 bits per heavy atom. The Morgan fingerprint density at radius 2 is 1.91 bits per heavy atom. The largest absolute Gasteiger partial charge is 0.376 e. The number of aromatic nitrogens is 1. The fraction of sp³-hybridized carbons (Fsp3) is 0.417. The average molecular weight is 538 g/mol. The third-order valence-corrected chi connectivity index (χ3v) is 9.71. The van der Waals surface area contributed by atoms with Crippen molar-refractivity contribution in [3.05, 3.63) is 53.3 Å². The molecule has 0 bridgehead atoms. The van der Waals surface area contributed by atoms with Gasteiger partial charge in [-0.2, -0.15) is 4.31 Å². The van der Waals surface area contributed by atoms with E-state index in [1.165, 1.54) is 39.9 Å². The van der Waals surface area contributed by atoms with Crippen LogP contribution in [0.4, 0.5) is 9.52 Å². The molecule has 1 amide bonds. The van der Waals surface area contributed by atoms with Gasteiger partial charge in [0.2, 0.25) is 15.9 Å². The number of anilines is 1. The molecule has 3 heterocycles. The molecule has 2 aromatic carbocycles. The minimum Gasteiger partial charge on any atom is -0.376 e. The fourth-order valence-corrected chi connectivity index (χ4v) is 7.18. The molecule has 3 aromatic rings. The molecule has 2 fully saturated rings. The van der Waals surface area contributed by atoms with E-state index in [2.05, 4.69) is 4.98 Å². The molecule has 7 nitrogen and oxygen atoms in total. The second-order valence-electron chi connectivity index (χ2n) is 8.82. The lowest BCUT2D eigenvalue weighted by molar-refractivity contribution is -0.123. The van der Waals surface area contributed by atoms with E-state index in [1.54, 1.807) is 23.1 Å². The van der Waals surface area contributed by atoms with E-state index in [1.807, 2.05) is 0 Å². The normalized spacial score (nSPS) is 19.9. The number of carbonyl (C=O) groups is 1. The van der Waals surface area contributed by atoms with Crippen molar-refractivity contribution in [2.45, 2.75) is 36.7 Å². The number of halogens is 2. The van der Waals surface area contributed by atoms with Crippen LogP contribution in [0.5, 0.6) is 0 Å². The Balaban J connectivity index is 1.33. The minimum absolute atomic E-state index is 0.0759. The molecule has 0 N–H and O–H groups in total. The first-order valence-electron chi connectivity index (χ1n) is 11.6. The monoisotopic (exact) mass is 537 g/mol. The quantitative estimate of drug-likeness (QED) is 0.455. The molecule has 35 heavy (non-hydrogen) atoms. The van der Waals surface area contributed by atoms with E-state index < -0.39 is 10.0 Å². The van der Waals surface area contributed by atoms with Crippen LogP contribution in [0.15, 0.2) is 47.4 Å². The molecule has 0 saturated carbocycles. The summed E-state index contributed by atoms with van der Waals surface area (Å²) in [5.74, 6) is -0.778. The summed E-state index contributed by atoms with van der Waals surface area (Å²) in [6, 6.07) is 10.5. The van der Waals surface area contributed by atoms with Crippen LogP contribution in [0.3, 0.4) is 0 Å². The van der Waals surface area contributed by atoms with Crippen molar-refractivity contribution in [3.8, 4) is 0 Å². The lowest BCUT2D eigenvalue weighted by atomic mass is 9.96. The van der Waals surface area contributed by atoms with Gasteiger partial charge in [0.05, 0.1) is 27.8 Å². The van der Waals surface area contributed by atoms with Gasteiger partial charge in [0, 0.05) is 30.6 Å². The molecule has 5 rings (SSSR count). The number of fused-ring (bicyclic) bond motifs is 1. The van der Waals surface area contributed by atoms with Crippen LogP contribution in [-0.2, 0) is 19.6 Å². The zero-order chi connectivity index (χ0) is 24.6. The average Bonchev–Trinajstić information content (AvgIpc) is 3.52. The van der Waals surface area contributed by atoms with Gasteiger partial charge in [-0.3, -0.25) is 9.69 Å². The van der Waals surface area contributed by atoms with Crippen LogP contribution in [0.1, 0.15) is 25.7 Å². The SMILES string of the molecule is O=C(C1CCN(S(=O)(=O)c2ccc(Cl)cc2)CC1)N(CC1CCCO1)c1nc2ccc(F)cc2s1. The molecule has 1 unspecified atom stereocenters. The molecule has 0 spiro atoms. The molecule has 11 heteroatoms. The predicted octanol–water partition coefficient (Wildman–Crippen LogP) is 4.70. The van der Waals surface area contributed by atoms with Crippen LogP contribution in [0, 0.1) is 11.7 Å². The maximum atomic E-state index is 13.7. The second-order valence-corrected chi connectivity index (χ2v) is 12.2. The summed E-state index contributed by atoms with van der Waals surface area (Å²) in [4.78, 5) is 20.1. The standard InChI is InChI=1S/C24H25ClFN3O4S2/c25-17-3-6-20(7-4-17)35(31,32)28-11-9-16(10-12-28)23(30)29(15-19-2-1-13-33-19)24-27-21-8-5-18(26)14-22(21)34-24/h3-8,14,16,19H,1-2,9-13,15H2. The first-order chi connectivity index (χ1) is 16.8. The molecule has 2 aliphatic rings. The van der Waals surface area contributed by atoms with Gasteiger partial charge in [-0.1, -0.05) is 22.9 Å². The summed E-state index contributed by atoms with van der Waals surface area (Å²) in [7, 11) is -3.66. The summed E-state index contributed by atoms with van der Waals surface area (Å²) < 4.78 is 47.6.